The van der Waals surface area contributed by atoms with Crippen LogP contribution < -0.4 is 5.73 Å². The number of nitrogens with two attached hydrogens (primary N) is 1. The molecule has 0 saturated carbocycles. The highest BCUT2D eigenvalue weighted by Gasteiger charge is 2.43. The summed E-state index contributed by atoms with van der Waals surface area (Å²) in [5, 5.41) is 44.5. The van der Waals surface area contributed by atoms with E-state index in [1.807, 2.05) is 0 Å². The van der Waals surface area contributed by atoms with Gasteiger partial charge in [0.25, 0.3) is 5.97 Å². The lowest BCUT2D eigenvalue weighted by Crippen LogP contribution is -2.58. The molecule has 0 amide bonds. The Morgan fingerprint density at radius 2 is 1.72 bits per heavy atom. The third-order valence-electron chi connectivity index (χ3n) is 2.21. The van der Waals surface area contributed by atoms with Crippen molar-refractivity contribution in [2.75, 3.05) is 19.8 Å². The Kier molecular flexibility index (Phi) is 6.82. The second-order valence-corrected chi connectivity index (χ2v) is 4.87. The molecule has 7 N–H and O–H groups in total. The summed E-state index contributed by atoms with van der Waals surface area (Å²) in [6.45, 7) is -2.72. The topological polar surface area (TPSA) is 180 Å². The predicted octanol–water partition coefficient (Wildman–Crippen LogP) is -3.77. The highest BCUT2D eigenvalue weighted by atomic mass is 27.2. The molecule has 18 heavy (non-hydrogen) atoms. The van der Waals surface area contributed by atoms with Crippen molar-refractivity contribution < 1.29 is 42.0 Å². The minimum absolute atomic E-state index is 0.755. The van der Waals surface area contributed by atoms with Gasteiger partial charge in [0.2, 0.25) is 0 Å². The normalized spacial score (nSPS) is 14.8. The van der Waals surface area contributed by atoms with Gasteiger partial charge in [0.05, 0.1) is 25.4 Å². The van der Waals surface area contributed by atoms with Gasteiger partial charge in [0.15, 0.2) is 5.60 Å². The third-order valence-corrected chi connectivity index (χ3v) is 2.78. The molecule has 0 rings (SSSR count). The first-order chi connectivity index (χ1) is 8.26. The minimum Gasteiger partial charge on any atom is -0.707 e. The number of aliphatic hydroxyl groups excluding tert-OH is 3. The maximum Gasteiger partial charge on any atom is 0.847 e. The van der Waals surface area contributed by atoms with Crippen molar-refractivity contribution in [2.45, 2.75) is 17.6 Å². The van der Waals surface area contributed by atoms with Crippen LogP contribution in [0.15, 0.2) is 0 Å². The summed E-state index contributed by atoms with van der Waals surface area (Å²) in [6, 6.07) is 0. The van der Waals surface area contributed by atoms with Crippen LogP contribution in [0.2, 0.25) is 0 Å². The summed E-state index contributed by atoms with van der Waals surface area (Å²) in [5.74, 6) is -1.55. The summed E-state index contributed by atoms with van der Waals surface area (Å²) in [7, 11) is 0. The highest BCUT2D eigenvalue weighted by Crippen LogP contribution is 2.20. The molecule has 0 radical (unpaired) electrons. The van der Waals surface area contributed by atoms with Gasteiger partial charge in [-0.15, -0.1) is 0 Å². The van der Waals surface area contributed by atoms with Crippen molar-refractivity contribution in [3.63, 3.8) is 0 Å². The van der Waals surface area contributed by atoms with E-state index in [2.05, 4.69) is 7.73 Å². The average Bonchev–Trinajstić information content (AvgIpc) is 2.37. The fourth-order valence-electron chi connectivity index (χ4n) is 1.16. The lowest BCUT2D eigenvalue weighted by molar-refractivity contribution is -0.185. The van der Waals surface area contributed by atoms with Crippen molar-refractivity contribution in [2.24, 2.45) is 5.73 Å². The molecule has 0 aromatic rings. The Morgan fingerprint density at radius 1 is 1.22 bits per heavy atom. The molecule has 0 aliphatic heterocycles. The van der Waals surface area contributed by atoms with E-state index in [9.17, 15) is 13.7 Å². The number of rotatable bonds is 8. The Hall–Kier alpha value is -0.638. The molecule has 10 nitrogen and oxygen atoms in total. The minimum atomic E-state index is -3.92. The van der Waals surface area contributed by atoms with E-state index in [0.29, 0.717) is 0 Å². The van der Waals surface area contributed by atoms with Gasteiger partial charge in [-0.3, -0.25) is 10.1 Å². The summed E-state index contributed by atoms with van der Waals surface area (Å²) >= 11 is -3.92. The smallest absolute Gasteiger partial charge is 0.707 e. The summed E-state index contributed by atoms with van der Waals surface area (Å²) in [5.41, 5.74) is 1.09. The molecule has 0 aromatic heterocycles. The third kappa shape index (κ3) is 4.56. The van der Waals surface area contributed by atoms with Crippen LogP contribution in [0.5, 0.6) is 0 Å². The Balaban J connectivity index is 4.89. The summed E-state index contributed by atoms with van der Waals surface area (Å²) < 4.78 is 18.0. The molecule has 0 heterocycles. The molecule has 106 valence electrons. The van der Waals surface area contributed by atoms with E-state index in [-0.39, 0.29) is 0 Å². The molecule has 0 spiro atoms. The fourth-order valence-corrected chi connectivity index (χ4v) is 1.59. The Bertz CT molecular complexity index is 307. The maximum atomic E-state index is 11.4. The van der Waals surface area contributed by atoms with Crippen LogP contribution in [0.25, 0.3) is 0 Å². The number of aliphatic hydroxyl groups is 4. The average molecular weight is 284 g/mol. The molecular formula is C7H15AlNO9-. The molecule has 0 fully saturated rings. The van der Waals surface area contributed by atoms with E-state index in [4.69, 9.17) is 26.3 Å². The molecular weight excluding hydrogens is 269 g/mol. The fraction of sp³-hybridized carbons (Fsp3) is 0.857. The van der Waals surface area contributed by atoms with E-state index >= 15 is 0 Å². The van der Waals surface area contributed by atoms with Crippen molar-refractivity contribution in [3.05, 3.63) is 0 Å². The zero-order valence-electron chi connectivity index (χ0n) is 9.35. The molecule has 0 aliphatic rings. The van der Waals surface area contributed by atoms with E-state index in [1.54, 1.807) is 0 Å². The quantitative estimate of drug-likeness (QED) is 0.147. The highest BCUT2D eigenvalue weighted by molar-refractivity contribution is 6.29. The molecule has 11 heteroatoms. The maximum absolute atomic E-state index is 11.4. The largest absolute Gasteiger partial charge is 0.847 e. The van der Waals surface area contributed by atoms with Crippen LogP contribution in [0.3, 0.4) is 0 Å². The predicted molar refractivity (Wildman–Crippen MR) is 54.0 cm³/mol. The summed E-state index contributed by atoms with van der Waals surface area (Å²) in [6.07, 6.45) is -0.755. The Morgan fingerprint density at radius 3 is 2.06 bits per heavy atom. The molecule has 0 aromatic carbocycles. The number of hydrogen-bond donors (Lipinski definition) is 6. The molecule has 0 saturated heterocycles. The molecule has 0 aliphatic carbocycles. The van der Waals surface area contributed by atoms with Gasteiger partial charge in [-0.25, -0.2) is 0 Å². The monoisotopic (exact) mass is 284 g/mol. The number of carbonyl (C=O) groups excluding carboxylic acids is 1. The van der Waals surface area contributed by atoms with E-state index in [0.717, 1.165) is 0 Å². The van der Waals surface area contributed by atoms with Crippen LogP contribution in [0, 0.1) is 0 Å². The van der Waals surface area contributed by atoms with Crippen LogP contribution in [-0.4, -0.2) is 77.4 Å². The van der Waals surface area contributed by atoms with Crippen LogP contribution in [0.1, 0.15) is 6.42 Å². The van der Waals surface area contributed by atoms with Crippen LogP contribution >= 0.6 is 0 Å². The first-order valence-corrected chi connectivity index (χ1v) is 6.19. The molecule has 1 unspecified atom stereocenters. The second-order valence-electron chi connectivity index (χ2n) is 3.84. The zero-order chi connectivity index (χ0) is 14.4. The van der Waals surface area contributed by atoms with E-state index < -0.39 is 58.1 Å². The lowest BCUT2D eigenvalue weighted by atomic mass is 9.86. The number of carbonyl (C=O) groups is 1. The van der Waals surface area contributed by atoms with Gasteiger partial charge in [0, 0.05) is 6.42 Å². The zero-order valence-corrected chi connectivity index (χ0v) is 10.5. The van der Waals surface area contributed by atoms with Gasteiger partial charge in [-0.1, -0.05) is 0 Å². The van der Waals surface area contributed by atoms with Gasteiger partial charge in [0.1, 0.15) is 0 Å². The SMILES string of the molecule is NC(CO)(CO)CC(O)(CO)C(=O)[O][Al-](=[O])[O]O. The van der Waals surface area contributed by atoms with Gasteiger partial charge >= 0.3 is 14.8 Å². The lowest BCUT2D eigenvalue weighted by Gasteiger charge is -2.34. The molecule has 1 atom stereocenters. The van der Waals surface area contributed by atoms with Crippen molar-refractivity contribution in [3.8, 4) is 0 Å². The van der Waals surface area contributed by atoms with Crippen LogP contribution in [0.4, 0.5) is 0 Å². The standard InChI is InChI=1S/C7H15NO6.Al.H2O2.O/c8-6(2-9,3-10)1-7(14,4-11)5(12)13;;1-2;/h9-11,14H,1-4,8H2,(H,12,13);;1-2H;/q;+1;;/p-2. The number of hydrogen-bond acceptors (Lipinski definition) is 10. The first kappa shape index (κ1) is 17.4. The van der Waals surface area contributed by atoms with Crippen molar-refractivity contribution in [1.82, 2.24) is 0 Å². The van der Waals surface area contributed by atoms with Crippen molar-refractivity contribution >= 4 is 20.7 Å². The van der Waals surface area contributed by atoms with E-state index in [1.165, 1.54) is 0 Å². The molecule has 0 bridgehead atoms. The van der Waals surface area contributed by atoms with Crippen molar-refractivity contribution in [1.29, 1.82) is 0 Å². The van der Waals surface area contributed by atoms with Gasteiger partial charge in [-0.2, -0.15) is 0 Å². The summed E-state index contributed by atoms with van der Waals surface area (Å²) in [4.78, 5) is 11.4. The second kappa shape index (κ2) is 7.08. The Labute approximate surface area is 106 Å². The van der Waals surface area contributed by atoms with Gasteiger partial charge in [-0.05, 0) is 0 Å². The van der Waals surface area contributed by atoms with Crippen LogP contribution in [-0.2, 0) is 16.3 Å². The van der Waals surface area contributed by atoms with Gasteiger partial charge < -0.3 is 37.7 Å². The first-order valence-electron chi connectivity index (χ1n) is 4.78.